The highest BCUT2D eigenvalue weighted by atomic mass is 32.2. The number of piperidine rings is 1. The number of hydrogen-bond acceptors (Lipinski definition) is 3. The summed E-state index contributed by atoms with van der Waals surface area (Å²) in [6, 6.07) is 4.82. The van der Waals surface area contributed by atoms with Crippen molar-refractivity contribution in [2.45, 2.75) is 17.7 Å². The van der Waals surface area contributed by atoms with E-state index in [0.29, 0.717) is 13.1 Å². The van der Waals surface area contributed by atoms with Crippen molar-refractivity contribution in [1.82, 2.24) is 4.31 Å². The molecule has 0 aromatic heterocycles. The van der Waals surface area contributed by atoms with E-state index in [1.807, 2.05) is 0 Å². The van der Waals surface area contributed by atoms with Crippen molar-refractivity contribution in [2.24, 2.45) is 5.92 Å². The highest BCUT2D eigenvalue weighted by Crippen LogP contribution is 2.23. The maximum atomic E-state index is 12.8. The third-order valence-electron chi connectivity index (χ3n) is 3.19. The number of aliphatic hydroxyl groups excluding tert-OH is 1. The minimum atomic E-state index is -3.57. The van der Waals surface area contributed by atoms with Gasteiger partial charge in [0.2, 0.25) is 10.0 Å². The number of sulfonamides is 1. The number of benzene rings is 1. The van der Waals surface area contributed by atoms with Crippen LogP contribution in [0.25, 0.3) is 0 Å². The molecule has 0 aliphatic carbocycles. The van der Waals surface area contributed by atoms with E-state index in [2.05, 4.69) is 0 Å². The Morgan fingerprint density at radius 1 is 1.33 bits per heavy atom. The first-order chi connectivity index (χ1) is 8.54. The van der Waals surface area contributed by atoms with E-state index < -0.39 is 15.8 Å². The first-order valence-electron chi connectivity index (χ1n) is 5.90. The Kier molecular flexibility index (Phi) is 3.99. The average molecular weight is 273 g/mol. The summed E-state index contributed by atoms with van der Waals surface area (Å²) < 4.78 is 38.7. The molecule has 0 amide bonds. The van der Waals surface area contributed by atoms with Crippen LogP contribution in [0, 0.1) is 11.7 Å². The number of hydrogen-bond donors (Lipinski definition) is 1. The van der Waals surface area contributed by atoms with Gasteiger partial charge in [0.15, 0.2) is 0 Å². The van der Waals surface area contributed by atoms with Crippen molar-refractivity contribution in [3.8, 4) is 0 Å². The monoisotopic (exact) mass is 273 g/mol. The van der Waals surface area contributed by atoms with Gasteiger partial charge in [0, 0.05) is 19.7 Å². The zero-order chi connectivity index (χ0) is 13.2. The Hall–Kier alpha value is -0.980. The van der Waals surface area contributed by atoms with Crippen molar-refractivity contribution in [3.63, 3.8) is 0 Å². The highest BCUT2D eigenvalue weighted by molar-refractivity contribution is 7.89. The molecule has 0 saturated carbocycles. The largest absolute Gasteiger partial charge is 0.396 e. The molecule has 0 spiro atoms. The minimum Gasteiger partial charge on any atom is -0.396 e. The summed E-state index contributed by atoms with van der Waals surface area (Å²) in [6.45, 7) is 0.780. The second-order valence-corrected chi connectivity index (χ2v) is 6.45. The molecule has 1 atom stereocenters. The first-order valence-corrected chi connectivity index (χ1v) is 7.34. The second kappa shape index (κ2) is 5.34. The lowest BCUT2D eigenvalue weighted by Crippen LogP contribution is -2.40. The smallest absolute Gasteiger partial charge is 0.243 e. The molecular weight excluding hydrogens is 257 g/mol. The molecule has 1 aromatic carbocycles. The second-order valence-electron chi connectivity index (χ2n) is 4.51. The molecule has 100 valence electrons. The SMILES string of the molecule is O=S(=O)(c1ccc(F)cc1)N1CCC[C@@H](CO)C1. The molecule has 0 radical (unpaired) electrons. The summed E-state index contributed by atoms with van der Waals surface area (Å²) in [5.41, 5.74) is 0. The minimum absolute atomic E-state index is 0.00453. The van der Waals surface area contributed by atoms with Gasteiger partial charge in [-0.15, -0.1) is 0 Å². The van der Waals surface area contributed by atoms with Gasteiger partial charge in [-0.3, -0.25) is 0 Å². The van der Waals surface area contributed by atoms with E-state index in [1.165, 1.54) is 16.4 Å². The normalized spacial score (nSPS) is 22.0. The Morgan fingerprint density at radius 3 is 2.61 bits per heavy atom. The van der Waals surface area contributed by atoms with Crippen LogP contribution >= 0.6 is 0 Å². The third-order valence-corrected chi connectivity index (χ3v) is 5.07. The van der Waals surface area contributed by atoms with Crippen molar-refractivity contribution >= 4 is 10.0 Å². The van der Waals surface area contributed by atoms with Gasteiger partial charge in [-0.25, -0.2) is 12.8 Å². The standard InChI is InChI=1S/C12H16FNO3S/c13-11-3-5-12(6-4-11)18(16,17)14-7-1-2-10(8-14)9-15/h3-6,10,15H,1-2,7-9H2/t10-/m1/s1. The molecule has 1 aliphatic rings. The van der Waals surface area contributed by atoms with Crippen LogP contribution in [0.15, 0.2) is 29.2 Å². The Labute approximate surface area is 106 Å². The Morgan fingerprint density at radius 2 is 2.00 bits per heavy atom. The zero-order valence-electron chi connectivity index (χ0n) is 9.92. The van der Waals surface area contributed by atoms with Crippen LogP contribution in [0.2, 0.25) is 0 Å². The third kappa shape index (κ3) is 2.71. The molecule has 2 rings (SSSR count). The van der Waals surface area contributed by atoms with E-state index in [-0.39, 0.29) is 17.4 Å². The summed E-state index contributed by atoms with van der Waals surface area (Å²) >= 11 is 0. The fourth-order valence-electron chi connectivity index (χ4n) is 2.15. The molecule has 1 saturated heterocycles. The first kappa shape index (κ1) is 13.5. The summed E-state index contributed by atoms with van der Waals surface area (Å²) in [5, 5.41) is 9.11. The summed E-state index contributed by atoms with van der Waals surface area (Å²) in [5.74, 6) is -0.463. The van der Waals surface area contributed by atoms with Crippen LogP contribution in [-0.4, -0.2) is 37.5 Å². The molecular formula is C12H16FNO3S. The molecule has 18 heavy (non-hydrogen) atoms. The van der Waals surface area contributed by atoms with Crippen molar-refractivity contribution in [1.29, 1.82) is 0 Å². The zero-order valence-corrected chi connectivity index (χ0v) is 10.7. The highest BCUT2D eigenvalue weighted by Gasteiger charge is 2.29. The van der Waals surface area contributed by atoms with E-state index in [4.69, 9.17) is 5.11 Å². The predicted octanol–water partition coefficient (Wildman–Crippen LogP) is 1.22. The summed E-state index contributed by atoms with van der Waals surface area (Å²) in [6.07, 6.45) is 1.58. The molecule has 0 unspecified atom stereocenters. The number of nitrogens with zero attached hydrogens (tertiary/aromatic N) is 1. The molecule has 1 N–H and O–H groups in total. The summed E-state index contributed by atoms with van der Waals surface area (Å²) in [7, 11) is -3.57. The molecule has 1 aromatic rings. The van der Waals surface area contributed by atoms with Crippen LogP contribution in [-0.2, 0) is 10.0 Å². The van der Waals surface area contributed by atoms with Gasteiger partial charge in [-0.05, 0) is 43.0 Å². The number of rotatable bonds is 3. The molecule has 1 heterocycles. The average Bonchev–Trinajstić information content (AvgIpc) is 2.39. The van der Waals surface area contributed by atoms with E-state index >= 15 is 0 Å². The molecule has 4 nitrogen and oxygen atoms in total. The van der Waals surface area contributed by atoms with Gasteiger partial charge in [-0.2, -0.15) is 4.31 Å². The maximum Gasteiger partial charge on any atom is 0.243 e. The molecule has 1 fully saturated rings. The van der Waals surface area contributed by atoms with Crippen LogP contribution in [0.4, 0.5) is 4.39 Å². The summed E-state index contributed by atoms with van der Waals surface area (Å²) in [4.78, 5) is 0.0995. The molecule has 0 bridgehead atoms. The van der Waals surface area contributed by atoms with Crippen LogP contribution in [0.1, 0.15) is 12.8 Å². The molecule has 6 heteroatoms. The Bertz CT molecular complexity index is 501. The van der Waals surface area contributed by atoms with Crippen molar-refractivity contribution in [2.75, 3.05) is 19.7 Å². The quantitative estimate of drug-likeness (QED) is 0.901. The number of halogens is 1. The van der Waals surface area contributed by atoms with E-state index in [9.17, 15) is 12.8 Å². The Balaban J connectivity index is 2.22. The molecule has 1 aliphatic heterocycles. The van der Waals surface area contributed by atoms with Crippen LogP contribution in [0.3, 0.4) is 0 Å². The van der Waals surface area contributed by atoms with Crippen LogP contribution < -0.4 is 0 Å². The van der Waals surface area contributed by atoms with Gasteiger partial charge < -0.3 is 5.11 Å². The fraction of sp³-hybridized carbons (Fsp3) is 0.500. The van der Waals surface area contributed by atoms with Crippen molar-refractivity contribution < 1.29 is 17.9 Å². The predicted molar refractivity (Wildman–Crippen MR) is 65.0 cm³/mol. The topological polar surface area (TPSA) is 57.6 Å². The van der Waals surface area contributed by atoms with E-state index in [1.54, 1.807) is 0 Å². The van der Waals surface area contributed by atoms with Gasteiger partial charge >= 0.3 is 0 Å². The van der Waals surface area contributed by atoms with Gasteiger partial charge in [0.1, 0.15) is 5.82 Å². The van der Waals surface area contributed by atoms with Crippen molar-refractivity contribution in [3.05, 3.63) is 30.1 Å². The van der Waals surface area contributed by atoms with Gasteiger partial charge in [-0.1, -0.05) is 0 Å². The van der Waals surface area contributed by atoms with Gasteiger partial charge in [0.05, 0.1) is 4.90 Å². The van der Waals surface area contributed by atoms with Crippen LogP contribution in [0.5, 0.6) is 0 Å². The number of aliphatic hydroxyl groups is 1. The lowest BCUT2D eigenvalue weighted by molar-refractivity contribution is 0.165. The van der Waals surface area contributed by atoms with Gasteiger partial charge in [0.25, 0.3) is 0 Å². The maximum absolute atomic E-state index is 12.8. The lowest BCUT2D eigenvalue weighted by atomic mass is 10.0. The van der Waals surface area contributed by atoms with E-state index in [0.717, 1.165) is 25.0 Å². The fourth-order valence-corrected chi connectivity index (χ4v) is 3.70. The lowest BCUT2D eigenvalue weighted by Gasteiger charge is -2.30.